The highest BCUT2D eigenvalue weighted by molar-refractivity contribution is 5.98. The van der Waals surface area contributed by atoms with Gasteiger partial charge in [0.2, 0.25) is 5.88 Å². The number of para-hydroxylation sites is 1. The van der Waals surface area contributed by atoms with E-state index in [0.29, 0.717) is 61.8 Å². The molecule has 0 spiro atoms. The number of piperidine rings is 1. The second-order valence-electron chi connectivity index (χ2n) is 7.73. The van der Waals surface area contributed by atoms with Crippen molar-refractivity contribution in [2.75, 3.05) is 32.9 Å². The summed E-state index contributed by atoms with van der Waals surface area (Å²) in [6.07, 6.45) is 3.67. The van der Waals surface area contributed by atoms with Gasteiger partial charge in [0.15, 0.2) is 17.1 Å². The Hall–Kier alpha value is -3.29. The molecule has 0 saturated carbocycles. The largest absolute Gasteiger partial charge is 0.486 e. The molecule has 0 unspecified atom stereocenters. The molecule has 0 N–H and O–H groups in total. The van der Waals surface area contributed by atoms with Crippen LogP contribution in [-0.4, -0.2) is 58.3 Å². The standard InChI is InChI=1S/C22H24N4O4/c1-15-13-26-19(23-15)5-6-20(24-26)30-14-16-7-9-25(10-8-16)22(27)17-3-2-4-18-21(17)29-12-11-28-18/h2-6,13,16H,7-12,14H2,1H3. The first kappa shape index (κ1) is 18.7. The van der Waals surface area contributed by atoms with Gasteiger partial charge in [0.25, 0.3) is 5.91 Å². The minimum atomic E-state index is -0.000635. The molecule has 2 aliphatic rings. The highest BCUT2D eigenvalue weighted by Gasteiger charge is 2.28. The molecule has 8 heteroatoms. The lowest BCUT2D eigenvalue weighted by Gasteiger charge is -2.32. The van der Waals surface area contributed by atoms with E-state index in [-0.39, 0.29) is 5.91 Å². The van der Waals surface area contributed by atoms with Crippen molar-refractivity contribution in [2.24, 2.45) is 5.92 Å². The van der Waals surface area contributed by atoms with Gasteiger partial charge in [0.1, 0.15) is 13.2 Å². The van der Waals surface area contributed by atoms with Crippen LogP contribution in [0.4, 0.5) is 0 Å². The number of imidazole rings is 1. The second-order valence-corrected chi connectivity index (χ2v) is 7.73. The fraction of sp³-hybridized carbons (Fsp3) is 0.409. The first-order valence-corrected chi connectivity index (χ1v) is 10.3. The van der Waals surface area contributed by atoms with Crippen LogP contribution in [0, 0.1) is 12.8 Å². The van der Waals surface area contributed by atoms with Crippen molar-refractivity contribution in [1.29, 1.82) is 0 Å². The van der Waals surface area contributed by atoms with Crippen LogP contribution in [0.2, 0.25) is 0 Å². The van der Waals surface area contributed by atoms with Crippen LogP contribution in [0.1, 0.15) is 28.9 Å². The van der Waals surface area contributed by atoms with E-state index in [1.165, 1.54) is 0 Å². The average Bonchev–Trinajstić information content (AvgIpc) is 3.16. The van der Waals surface area contributed by atoms with Crippen molar-refractivity contribution in [3.63, 3.8) is 0 Å². The molecule has 8 nitrogen and oxygen atoms in total. The molecular weight excluding hydrogens is 384 g/mol. The van der Waals surface area contributed by atoms with Gasteiger partial charge in [-0.05, 0) is 43.9 Å². The van der Waals surface area contributed by atoms with Gasteiger partial charge in [-0.25, -0.2) is 9.50 Å². The van der Waals surface area contributed by atoms with Crippen LogP contribution >= 0.6 is 0 Å². The van der Waals surface area contributed by atoms with E-state index in [1.807, 2.05) is 48.4 Å². The molecule has 1 amide bonds. The van der Waals surface area contributed by atoms with Crippen molar-refractivity contribution >= 4 is 11.6 Å². The number of rotatable bonds is 4. The maximum atomic E-state index is 13.0. The third-order valence-corrected chi connectivity index (χ3v) is 5.58. The molecule has 1 aromatic carbocycles. The van der Waals surface area contributed by atoms with Gasteiger partial charge in [-0.1, -0.05) is 6.07 Å². The third-order valence-electron chi connectivity index (χ3n) is 5.58. The number of aryl methyl sites for hydroxylation is 1. The predicted octanol–water partition coefficient (Wildman–Crippen LogP) is 2.74. The van der Waals surface area contributed by atoms with Crippen molar-refractivity contribution in [3.8, 4) is 17.4 Å². The zero-order chi connectivity index (χ0) is 20.5. The Balaban J connectivity index is 1.17. The summed E-state index contributed by atoms with van der Waals surface area (Å²) in [4.78, 5) is 19.3. The van der Waals surface area contributed by atoms with Crippen LogP contribution < -0.4 is 14.2 Å². The molecule has 30 heavy (non-hydrogen) atoms. The zero-order valence-corrected chi connectivity index (χ0v) is 16.9. The second kappa shape index (κ2) is 7.85. The molecule has 1 saturated heterocycles. The summed E-state index contributed by atoms with van der Waals surface area (Å²) < 4.78 is 19.0. The Labute approximate surface area is 174 Å². The number of carbonyl (C=O) groups is 1. The summed E-state index contributed by atoms with van der Waals surface area (Å²) in [5, 5.41) is 4.45. The summed E-state index contributed by atoms with van der Waals surface area (Å²) in [5.41, 5.74) is 2.31. The van der Waals surface area contributed by atoms with Crippen LogP contribution in [0.5, 0.6) is 17.4 Å². The van der Waals surface area contributed by atoms with E-state index in [1.54, 1.807) is 4.52 Å². The summed E-state index contributed by atoms with van der Waals surface area (Å²) in [6.45, 7) is 4.91. The normalized spacial score (nSPS) is 16.6. The lowest BCUT2D eigenvalue weighted by Crippen LogP contribution is -2.40. The number of nitrogens with zero attached hydrogens (tertiary/aromatic N) is 4. The van der Waals surface area contributed by atoms with Gasteiger partial charge in [0.05, 0.1) is 24.1 Å². The molecule has 2 aromatic heterocycles. The summed E-state index contributed by atoms with van der Waals surface area (Å²) in [6, 6.07) is 9.24. The molecule has 0 radical (unpaired) electrons. The fourth-order valence-corrected chi connectivity index (χ4v) is 3.98. The number of amides is 1. The molecule has 0 aliphatic carbocycles. The molecule has 3 aromatic rings. The maximum Gasteiger partial charge on any atom is 0.257 e. The maximum absolute atomic E-state index is 13.0. The zero-order valence-electron chi connectivity index (χ0n) is 16.9. The summed E-state index contributed by atoms with van der Waals surface area (Å²) >= 11 is 0. The quantitative estimate of drug-likeness (QED) is 0.661. The van der Waals surface area contributed by atoms with E-state index < -0.39 is 0 Å². The Morgan fingerprint density at radius 3 is 2.87 bits per heavy atom. The number of fused-ring (bicyclic) bond motifs is 2. The van der Waals surface area contributed by atoms with E-state index in [4.69, 9.17) is 14.2 Å². The van der Waals surface area contributed by atoms with Gasteiger partial charge < -0.3 is 19.1 Å². The number of likely N-dealkylation sites (tertiary alicyclic amines) is 1. The van der Waals surface area contributed by atoms with E-state index in [0.717, 1.165) is 24.2 Å². The lowest BCUT2D eigenvalue weighted by molar-refractivity contribution is 0.0649. The van der Waals surface area contributed by atoms with Crippen LogP contribution in [-0.2, 0) is 0 Å². The number of carbonyl (C=O) groups excluding carboxylic acids is 1. The third kappa shape index (κ3) is 3.65. The van der Waals surface area contributed by atoms with Crippen LogP contribution in [0.15, 0.2) is 36.5 Å². The first-order valence-electron chi connectivity index (χ1n) is 10.3. The van der Waals surface area contributed by atoms with Crippen molar-refractivity contribution in [2.45, 2.75) is 19.8 Å². The molecule has 0 bridgehead atoms. The fourth-order valence-electron chi connectivity index (χ4n) is 3.98. The van der Waals surface area contributed by atoms with E-state index in [2.05, 4.69) is 10.1 Å². The summed E-state index contributed by atoms with van der Waals surface area (Å²) in [7, 11) is 0. The summed E-state index contributed by atoms with van der Waals surface area (Å²) in [5.74, 6) is 2.19. The lowest BCUT2D eigenvalue weighted by atomic mass is 9.97. The smallest absolute Gasteiger partial charge is 0.257 e. The molecule has 156 valence electrons. The number of benzene rings is 1. The Morgan fingerprint density at radius 2 is 2.00 bits per heavy atom. The highest BCUT2D eigenvalue weighted by atomic mass is 16.6. The highest BCUT2D eigenvalue weighted by Crippen LogP contribution is 2.35. The average molecular weight is 408 g/mol. The molecular formula is C22H24N4O4. The molecule has 1 fully saturated rings. The number of hydrogen-bond donors (Lipinski definition) is 0. The van der Waals surface area contributed by atoms with E-state index in [9.17, 15) is 4.79 Å². The van der Waals surface area contributed by atoms with Gasteiger partial charge in [-0.15, -0.1) is 5.10 Å². The monoisotopic (exact) mass is 408 g/mol. The molecule has 5 rings (SSSR count). The Kier molecular flexibility index (Phi) is 4.90. The number of aromatic nitrogens is 3. The topological polar surface area (TPSA) is 78.2 Å². The minimum absolute atomic E-state index is 0.000635. The van der Waals surface area contributed by atoms with Crippen LogP contribution in [0.25, 0.3) is 5.65 Å². The molecule has 0 atom stereocenters. The Bertz CT molecular complexity index is 1070. The predicted molar refractivity (Wildman–Crippen MR) is 109 cm³/mol. The van der Waals surface area contributed by atoms with Crippen molar-refractivity contribution in [1.82, 2.24) is 19.5 Å². The molecule has 2 aliphatic heterocycles. The van der Waals surface area contributed by atoms with Gasteiger partial charge in [-0.3, -0.25) is 4.79 Å². The van der Waals surface area contributed by atoms with Gasteiger partial charge in [0, 0.05) is 19.2 Å². The van der Waals surface area contributed by atoms with Crippen molar-refractivity contribution < 1.29 is 19.0 Å². The number of ether oxygens (including phenoxy) is 3. The van der Waals surface area contributed by atoms with Gasteiger partial charge in [-0.2, -0.15) is 0 Å². The number of hydrogen-bond acceptors (Lipinski definition) is 6. The Morgan fingerprint density at radius 1 is 1.17 bits per heavy atom. The van der Waals surface area contributed by atoms with Crippen molar-refractivity contribution in [3.05, 3.63) is 47.8 Å². The molecule has 4 heterocycles. The minimum Gasteiger partial charge on any atom is -0.486 e. The van der Waals surface area contributed by atoms with Gasteiger partial charge >= 0.3 is 0 Å². The first-order chi connectivity index (χ1) is 14.7. The SMILES string of the molecule is Cc1cn2nc(OCC3CCN(C(=O)c4cccc5c4OCCO5)CC3)ccc2n1. The van der Waals surface area contributed by atoms with Crippen LogP contribution in [0.3, 0.4) is 0 Å². The van der Waals surface area contributed by atoms with E-state index >= 15 is 0 Å².